The molecule has 16 heavy (non-hydrogen) atoms. The summed E-state index contributed by atoms with van der Waals surface area (Å²) in [5.41, 5.74) is 3.61. The van der Waals surface area contributed by atoms with Crippen LogP contribution in [0, 0.1) is 0 Å². The van der Waals surface area contributed by atoms with Gasteiger partial charge < -0.3 is 4.98 Å². The fraction of sp³-hybridized carbons (Fsp3) is 0.250. The van der Waals surface area contributed by atoms with Gasteiger partial charge in [-0.3, -0.25) is 0 Å². The fourth-order valence-corrected chi connectivity index (χ4v) is 2.48. The van der Waals surface area contributed by atoms with E-state index in [4.69, 9.17) is 0 Å². The summed E-state index contributed by atoms with van der Waals surface area (Å²) in [6, 6.07) is 10.3. The normalized spacial score (nSPS) is 15.3. The van der Waals surface area contributed by atoms with Crippen LogP contribution in [0.1, 0.15) is 11.4 Å². The Bertz CT molecular complexity index is 469. The maximum absolute atomic E-state index is 4.65. The van der Waals surface area contributed by atoms with Crippen molar-refractivity contribution in [3.8, 4) is 11.4 Å². The van der Waals surface area contributed by atoms with Crippen molar-refractivity contribution in [3.63, 3.8) is 0 Å². The third-order valence-corrected chi connectivity index (χ3v) is 3.61. The Labute approximate surface area is 99.0 Å². The molecule has 0 saturated heterocycles. The van der Waals surface area contributed by atoms with E-state index in [1.807, 2.05) is 18.2 Å². The van der Waals surface area contributed by atoms with E-state index in [1.54, 1.807) is 11.9 Å². The number of benzene rings is 1. The van der Waals surface area contributed by atoms with Crippen molar-refractivity contribution >= 4 is 11.9 Å². The van der Waals surface area contributed by atoms with Gasteiger partial charge in [0.25, 0.3) is 0 Å². The lowest BCUT2D eigenvalue weighted by Gasteiger charge is -2.08. The molecule has 0 radical (unpaired) electrons. The first-order valence-electron chi connectivity index (χ1n) is 5.29. The lowest BCUT2D eigenvalue weighted by atomic mass is 10.2. The molecule has 1 aromatic carbocycles. The van der Waals surface area contributed by atoms with Crippen LogP contribution < -0.4 is 0 Å². The summed E-state index contributed by atoms with van der Waals surface area (Å²) in [6.45, 7) is 1.91. The van der Waals surface area contributed by atoms with E-state index in [9.17, 15) is 0 Å². The minimum Gasteiger partial charge on any atom is -0.340 e. The smallest absolute Gasteiger partial charge is 0.137 e. The summed E-state index contributed by atoms with van der Waals surface area (Å²) in [6.07, 6.45) is 2.10. The minimum absolute atomic E-state index is 0.944. The summed E-state index contributed by atoms with van der Waals surface area (Å²) in [5.74, 6) is 0.992. The number of fused-ring (bicyclic) bond motifs is 1. The van der Waals surface area contributed by atoms with Crippen LogP contribution in [0.4, 0.5) is 0 Å². The first-order valence-corrected chi connectivity index (χ1v) is 6.47. The number of rotatable bonds is 2. The molecule has 4 heteroatoms. The summed E-state index contributed by atoms with van der Waals surface area (Å²) in [7, 11) is 0. The highest BCUT2D eigenvalue weighted by Gasteiger charge is 2.22. The van der Waals surface area contributed by atoms with Crippen molar-refractivity contribution in [2.45, 2.75) is 13.1 Å². The third-order valence-electron chi connectivity index (χ3n) is 2.83. The highest BCUT2D eigenvalue weighted by Crippen LogP contribution is 2.27. The van der Waals surface area contributed by atoms with Crippen molar-refractivity contribution in [1.82, 2.24) is 14.3 Å². The Morgan fingerprint density at radius 1 is 1.25 bits per heavy atom. The Kier molecular flexibility index (Phi) is 2.46. The van der Waals surface area contributed by atoms with Crippen molar-refractivity contribution in [3.05, 3.63) is 41.7 Å². The van der Waals surface area contributed by atoms with Gasteiger partial charge in [-0.2, -0.15) is 0 Å². The number of H-pyrrole nitrogens is 1. The second-order valence-corrected chi connectivity index (χ2v) is 4.74. The molecule has 0 spiro atoms. The molecule has 2 heterocycles. The molecule has 0 atom stereocenters. The number of imidazole rings is 1. The molecule has 0 fully saturated rings. The zero-order chi connectivity index (χ0) is 11.0. The number of aromatic nitrogens is 2. The number of nitrogens with zero attached hydrogens (tertiary/aromatic N) is 2. The van der Waals surface area contributed by atoms with Gasteiger partial charge in [0.15, 0.2) is 0 Å². The molecule has 0 bridgehead atoms. The molecule has 1 aromatic heterocycles. The van der Waals surface area contributed by atoms with Crippen LogP contribution in [0.15, 0.2) is 30.3 Å². The number of aromatic amines is 1. The van der Waals surface area contributed by atoms with Gasteiger partial charge in [-0.25, -0.2) is 9.29 Å². The van der Waals surface area contributed by atoms with Crippen molar-refractivity contribution in [2.24, 2.45) is 0 Å². The van der Waals surface area contributed by atoms with Gasteiger partial charge in [0, 0.05) is 5.56 Å². The Morgan fingerprint density at radius 2 is 2.06 bits per heavy atom. The average Bonchev–Trinajstić information content (AvgIpc) is 2.87. The second-order valence-electron chi connectivity index (χ2n) is 3.86. The van der Waals surface area contributed by atoms with E-state index in [0.717, 1.165) is 24.5 Å². The lowest BCUT2D eigenvalue weighted by Crippen LogP contribution is -2.05. The van der Waals surface area contributed by atoms with E-state index < -0.39 is 0 Å². The van der Waals surface area contributed by atoms with Crippen LogP contribution in [0.5, 0.6) is 0 Å². The summed E-state index contributed by atoms with van der Waals surface area (Å²) in [5, 5.41) is 0. The molecule has 3 nitrogen and oxygen atoms in total. The summed E-state index contributed by atoms with van der Waals surface area (Å²) in [4.78, 5) is 8.06. The first kappa shape index (κ1) is 9.93. The Hall–Kier alpha value is -1.26. The van der Waals surface area contributed by atoms with Crippen LogP contribution in [0.2, 0.25) is 0 Å². The average molecular weight is 231 g/mol. The standard InChI is InChI=1S/C12H13N3S/c1-16-15-7-10-11(8-15)14-12(13-10)9-5-3-2-4-6-9/h2-6H,7-8H2,1H3,(H,13,14). The Morgan fingerprint density at radius 3 is 2.75 bits per heavy atom. The van der Waals surface area contributed by atoms with Gasteiger partial charge >= 0.3 is 0 Å². The van der Waals surface area contributed by atoms with Gasteiger partial charge in [0.1, 0.15) is 5.82 Å². The molecule has 3 rings (SSSR count). The first-order chi connectivity index (χ1) is 7.86. The SMILES string of the molecule is CSN1Cc2nc(-c3ccccc3)[nH]c2C1. The van der Waals surface area contributed by atoms with Crippen LogP contribution in [-0.2, 0) is 13.1 Å². The number of hydrogen-bond acceptors (Lipinski definition) is 3. The van der Waals surface area contributed by atoms with E-state index in [2.05, 4.69) is 32.7 Å². The number of nitrogens with one attached hydrogen (secondary N) is 1. The monoisotopic (exact) mass is 231 g/mol. The van der Waals surface area contributed by atoms with Crippen molar-refractivity contribution in [1.29, 1.82) is 0 Å². The summed E-state index contributed by atoms with van der Waals surface area (Å²) >= 11 is 1.77. The van der Waals surface area contributed by atoms with E-state index in [-0.39, 0.29) is 0 Å². The highest BCUT2D eigenvalue weighted by molar-refractivity contribution is 7.96. The molecule has 0 aliphatic carbocycles. The molecule has 0 saturated carbocycles. The lowest BCUT2D eigenvalue weighted by molar-refractivity contribution is 0.502. The third kappa shape index (κ3) is 1.64. The van der Waals surface area contributed by atoms with Gasteiger partial charge in [-0.1, -0.05) is 42.3 Å². The molecular weight excluding hydrogens is 218 g/mol. The van der Waals surface area contributed by atoms with Crippen LogP contribution in [0.25, 0.3) is 11.4 Å². The van der Waals surface area contributed by atoms with Crippen molar-refractivity contribution < 1.29 is 0 Å². The van der Waals surface area contributed by atoms with E-state index >= 15 is 0 Å². The second kappa shape index (κ2) is 3.96. The molecule has 82 valence electrons. The molecule has 0 unspecified atom stereocenters. The fourth-order valence-electron chi connectivity index (χ4n) is 1.97. The quantitative estimate of drug-likeness (QED) is 0.806. The Balaban J connectivity index is 1.92. The molecule has 1 aliphatic rings. The number of hydrogen-bond donors (Lipinski definition) is 1. The van der Waals surface area contributed by atoms with Gasteiger partial charge in [0.2, 0.25) is 0 Å². The zero-order valence-corrected chi connectivity index (χ0v) is 9.92. The molecule has 0 amide bonds. The largest absolute Gasteiger partial charge is 0.340 e. The molecule has 2 aromatic rings. The van der Waals surface area contributed by atoms with Gasteiger partial charge in [0.05, 0.1) is 24.5 Å². The predicted octanol–water partition coefficient (Wildman–Crippen LogP) is 2.67. The molecule has 1 N–H and O–H groups in total. The summed E-state index contributed by atoms with van der Waals surface area (Å²) < 4.78 is 2.29. The van der Waals surface area contributed by atoms with Crippen LogP contribution in [-0.4, -0.2) is 20.5 Å². The zero-order valence-electron chi connectivity index (χ0n) is 9.10. The maximum Gasteiger partial charge on any atom is 0.137 e. The van der Waals surface area contributed by atoms with E-state index in [0.29, 0.717) is 0 Å². The topological polar surface area (TPSA) is 31.9 Å². The maximum atomic E-state index is 4.65. The predicted molar refractivity (Wildman–Crippen MR) is 66.8 cm³/mol. The molecular formula is C12H13N3S. The minimum atomic E-state index is 0.944. The highest BCUT2D eigenvalue weighted by atomic mass is 32.2. The van der Waals surface area contributed by atoms with Crippen LogP contribution >= 0.6 is 11.9 Å². The van der Waals surface area contributed by atoms with Gasteiger partial charge in [-0.15, -0.1) is 0 Å². The molecule has 1 aliphatic heterocycles. The van der Waals surface area contributed by atoms with Gasteiger partial charge in [-0.05, 0) is 6.26 Å². The van der Waals surface area contributed by atoms with Crippen molar-refractivity contribution in [2.75, 3.05) is 6.26 Å². The van der Waals surface area contributed by atoms with Crippen LogP contribution in [0.3, 0.4) is 0 Å². The van der Waals surface area contributed by atoms with E-state index in [1.165, 1.54) is 11.4 Å².